The average molecular weight is 246 g/mol. The molecule has 0 saturated carbocycles. The molecule has 0 aromatic rings. The van der Waals surface area contributed by atoms with Gasteiger partial charge in [-0.2, -0.15) is 8.42 Å². The van der Waals surface area contributed by atoms with Crippen molar-refractivity contribution < 1.29 is 8.42 Å². The van der Waals surface area contributed by atoms with Crippen LogP contribution in [-0.2, 0) is 10.2 Å². The first-order valence-corrected chi connectivity index (χ1v) is 6.05. The second kappa shape index (κ2) is 9.67. The third kappa shape index (κ3) is 10.2. The van der Waals surface area contributed by atoms with E-state index >= 15 is 0 Å². The smallest absolute Gasteiger partial charge is 0.276 e. The van der Waals surface area contributed by atoms with Crippen LogP contribution in [0.1, 0.15) is 20.3 Å². The second-order valence-electron chi connectivity index (χ2n) is 2.65. The fourth-order valence-electron chi connectivity index (χ4n) is 0.817. The van der Waals surface area contributed by atoms with Gasteiger partial charge in [0.15, 0.2) is 0 Å². The lowest BCUT2D eigenvalue weighted by Crippen LogP contribution is -2.39. The van der Waals surface area contributed by atoms with Gasteiger partial charge in [0.2, 0.25) is 0 Å². The molecule has 0 aliphatic heterocycles. The summed E-state index contributed by atoms with van der Waals surface area (Å²) in [5.74, 6) is 0. The summed E-state index contributed by atoms with van der Waals surface area (Å²) in [7, 11) is -3.26. The molecular weight excluding hydrogens is 226 g/mol. The number of rotatable bonds is 8. The summed E-state index contributed by atoms with van der Waals surface area (Å²) in [5, 5.41) is 3.10. The van der Waals surface area contributed by atoms with Crippen LogP contribution in [0.5, 0.6) is 0 Å². The van der Waals surface area contributed by atoms with Gasteiger partial charge in [-0.15, -0.1) is 12.4 Å². The van der Waals surface area contributed by atoms with Crippen molar-refractivity contribution in [3.05, 3.63) is 0 Å². The first kappa shape index (κ1) is 16.5. The molecule has 88 valence electrons. The van der Waals surface area contributed by atoms with Crippen LogP contribution in [0.3, 0.4) is 0 Å². The van der Waals surface area contributed by atoms with E-state index in [2.05, 4.69) is 21.7 Å². The molecule has 0 radical (unpaired) electrons. The summed E-state index contributed by atoms with van der Waals surface area (Å²) in [6.45, 7) is 6.23. The molecule has 0 heterocycles. The van der Waals surface area contributed by atoms with Crippen molar-refractivity contribution in [2.24, 2.45) is 0 Å². The van der Waals surface area contributed by atoms with Crippen LogP contribution in [0.15, 0.2) is 0 Å². The van der Waals surface area contributed by atoms with Gasteiger partial charge in [-0.3, -0.25) is 0 Å². The van der Waals surface area contributed by atoms with Gasteiger partial charge < -0.3 is 5.32 Å². The maximum absolute atomic E-state index is 11.0. The fraction of sp³-hybridized carbons (Fsp3) is 1.00. The molecule has 0 saturated heterocycles. The van der Waals surface area contributed by atoms with Crippen LogP contribution in [-0.4, -0.2) is 34.6 Å². The van der Waals surface area contributed by atoms with Crippen LogP contribution in [0.4, 0.5) is 0 Å². The largest absolute Gasteiger partial charge is 0.315 e. The van der Waals surface area contributed by atoms with Gasteiger partial charge in [0.25, 0.3) is 10.2 Å². The molecule has 7 heteroatoms. The summed E-state index contributed by atoms with van der Waals surface area (Å²) in [5.41, 5.74) is 0. The Morgan fingerprint density at radius 3 is 2.14 bits per heavy atom. The molecule has 14 heavy (non-hydrogen) atoms. The predicted molar refractivity (Wildman–Crippen MR) is 61.0 cm³/mol. The zero-order chi connectivity index (χ0) is 10.2. The molecule has 0 aromatic heterocycles. The Hall–Kier alpha value is 0.120. The van der Waals surface area contributed by atoms with Crippen LogP contribution < -0.4 is 14.8 Å². The van der Waals surface area contributed by atoms with Crippen LogP contribution >= 0.6 is 12.4 Å². The van der Waals surface area contributed by atoms with E-state index in [9.17, 15) is 8.42 Å². The zero-order valence-electron chi connectivity index (χ0n) is 8.67. The molecule has 0 aliphatic carbocycles. The van der Waals surface area contributed by atoms with Crippen molar-refractivity contribution in [1.29, 1.82) is 0 Å². The Morgan fingerprint density at radius 1 is 1.00 bits per heavy atom. The minimum Gasteiger partial charge on any atom is -0.315 e. The molecule has 3 N–H and O–H groups in total. The molecule has 0 amide bonds. The quantitative estimate of drug-likeness (QED) is 0.521. The normalized spacial score (nSPS) is 11.0. The Balaban J connectivity index is 0. The first-order valence-electron chi connectivity index (χ1n) is 4.57. The molecule has 0 aromatic carbocycles. The lowest BCUT2D eigenvalue weighted by molar-refractivity contribution is 0.563. The van der Waals surface area contributed by atoms with Crippen molar-refractivity contribution in [1.82, 2.24) is 14.8 Å². The van der Waals surface area contributed by atoms with Crippen LogP contribution in [0, 0.1) is 0 Å². The highest BCUT2D eigenvalue weighted by Gasteiger charge is 2.04. The molecule has 5 nitrogen and oxygen atoms in total. The van der Waals surface area contributed by atoms with E-state index in [1.165, 1.54) is 0 Å². The topological polar surface area (TPSA) is 70.2 Å². The van der Waals surface area contributed by atoms with E-state index in [1.54, 1.807) is 6.92 Å². The molecule has 0 unspecified atom stereocenters. The minimum atomic E-state index is -3.26. The Bertz CT molecular complexity index is 209. The van der Waals surface area contributed by atoms with E-state index in [-0.39, 0.29) is 12.4 Å². The SMILES string of the molecule is CCCNCCNS(=O)(=O)NCC.Cl. The number of nitrogens with one attached hydrogen (secondary N) is 3. The Morgan fingerprint density at radius 2 is 1.64 bits per heavy atom. The van der Waals surface area contributed by atoms with Crippen molar-refractivity contribution in [2.75, 3.05) is 26.2 Å². The molecule has 0 spiro atoms. The van der Waals surface area contributed by atoms with Gasteiger partial charge in [0.1, 0.15) is 0 Å². The number of hydrogen-bond acceptors (Lipinski definition) is 3. The van der Waals surface area contributed by atoms with E-state index in [0.29, 0.717) is 19.6 Å². The molecule has 0 bridgehead atoms. The third-order valence-electron chi connectivity index (χ3n) is 1.35. The van der Waals surface area contributed by atoms with Gasteiger partial charge in [0, 0.05) is 19.6 Å². The van der Waals surface area contributed by atoms with Gasteiger partial charge in [-0.25, -0.2) is 9.44 Å². The highest BCUT2D eigenvalue weighted by Crippen LogP contribution is 1.74. The highest BCUT2D eigenvalue weighted by atomic mass is 35.5. The van der Waals surface area contributed by atoms with Crippen LogP contribution in [0.2, 0.25) is 0 Å². The highest BCUT2D eigenvalue weighted by molar-refractivity contribution is 7.87. The number of halogens is 1. The summed E-state index contributed by atoms with van der Waals surface area (Å²) < 4.78 is 26.8. The van der Waals surface area contributed by atoms with Gasteiger partial charge >= 0.3 is 0 Å². The molecule has 0 atom stereocenters. The zero-order valence-corrected chi connectivity index (χ0v) is 10.3. The van der Waals surface area contributed by atoms with E-state index in [4.69, 9.17) is 0 Å². The van der Waals surface area contributed by atoms with Gasteiger partial charge in [-0.05, 0) is 13.0 Å². The van der Waals surface area contributed by atoms with Crippen LogP contribution in [0.25, 0.3) is 0 Å². The monoisotopic (exact) mass is 245 g/mol. The van der Waals surface area contributed by atoms with Gasteiger partial charge in [-0.1, -0.05) is 13.8 Å². The van der Waals surface area contributed by atoms with E-state index in [1.807, 2.05) is 0 Å². The van der Waals surface area contributed by atoms with Crippen molar-refractivity contribution in [3.63, 3.8) is 0 Å². The van der Waals surface area contributed by atoms with Gasteiger partial charge in [0.05, 0.1) is 0 Å². The summed E-state index contributed by atoms with van der Waals surface area (Å²) in [6, 6.07) is 0. The van der Waals surface area contributed by atoms with E-state index < -0.39 is 10.2 Å². The Labute approximate surface area is 92.6 Å². The predicted octanol–water partition coefficient (Wildman–Crippen LogP) is -0.148. The molecule has 0 fully saturated rings. The van der Waals surface area contributed by atoms with Crippen molar-refractivity contribution in [3.8, 4) is 0 Å². The summed E-state index contributed by atoms with van der Waals surface area (Å²) in [6.07, 6.45) is 1.06. The van der Waals surface area contributed by atoms with Crippen molar-refractivity contribution in [2.45, 2.75) is 20.3 Å². The average Bonchev–Trinajstić information content (AvgIpc) is 2.04. The summed E-state index contributed by atoms with van der Waals surface area (Å²) in [4.78, 5) is 0. The Kier molecular flexibility index (Phi) is 11.4. The maximum atomic E-state index is 11.0. The molecule has 0 aliphatic rings. The first-order chi connectivity index (χ1) is 6.12. The number of hydrogen-bond donors (Lipinski definition) is 3. The standard InChI is InChI=1S/C7H19N3O2S.ClH/c1-3-5-8-6-7-10-13(11,12)9-4-2;/h8-10H,3-7H2,1-2H3;1H. The second-order valence-corrected chi connectivity index (χ2v) is 4.23. The lowest BCUT2D eigenvalue weighted by Gasteiger charge is -2.06. The lowest BCUT2D eigenvalue weighted by atomic mass is 10.5. The van der Waals surface area contributed by atoms with Crippen molar-refractivity contribution >= 4 is 22.6 Å². The third-order valence-corrected chi connectivity index (χ3v) is 2.61. The minimum absolute atomic E-state index is 0. The molecular formula is C7H20ClN3O2S. The molecule has 0 rings (SSSR count). The maximum Gasteiger partial charge on any atom is 0.276 e. The fourth-order valence-corrected chi connectivity index (χ4v) is 1.67. The summed E-state index contributed by atoms with van der Waals surface area (Å²) >= 11 is 0. The van der Waals surface area contributed by atoms with E-state index in [0.717, 1.165) is 13.0 Å².